The van der Waals surface area contributed by atoms with Crippen molar-refractivity contribution in [2.75, 3.05) is 20.3 Å². The minimum atomic E-state index is 0.544. The van der Waals surface area contributed by atoms with E-state index in [4.69, 9.17) is 4.74 Å². The maximum atomic E-state index is 5.24. The molecular formula is C15H28BrN3O. The lowest BCUT2D eigenvalue weighted by atomic mass is 10.2. The van der Waals surface area contributed by atoms with E-state index in [1.54, 1.807) is 7.11 Å². The van der Waals surface area contributed by atoms with Gasteiger partial charge in [-0.2, -0.15) is 5.10 Å². The summed E-state index contributed by atoms with van der Waals surface area (Å²) < 4.78 is 8.53. The maximum Gasteiger partial charge on any atom is 0.0767 e. The second-order valence-electron chi connectivity index (χ2n) is 5.10. The second-order valence-corrected chi connectivity index (χ2v) is 5.89. The first-order chi connectivity index (χ1) is 9.58. The summed E-state index contributed by atoms with van der Waals surface area (Å²) in [6, 6.07) is 0.544. The van der Waals surface area contributed by atoms with Crippen LogP contribution in [0.15, 0.2) is 4.47 Å². The number of methoxy groups -OCH3 is 1. The van der Waals surface area contributed by atoms with Crippen molar-refractivity contribution in [3.63, 3.8) is 0 Å². The largest absolute Gasteiger partial charge is 0.383 e. The number of rotatable bonds is 9. The van der Waals surface area contributed by atoms with Gasteiger partial charge in [-0.3, -0.25) is 9.58 Å². The van der Waals surface area contributed by atoms with E-state index in [-0.39, 0.29) is 0 Å². The van der Waals surface area contributed by atoms with Gasteiger partial charge in [0.2, 0.25) is 0 Å². The zero-order chi connectivity index (χ0) is 15.1. The molecule has 1 atom stereocenters. The maximum absolute atomic E-state index is 5.24. The van der Waals surface area contributed by atoms with Gasteiger partial charge < -0.3 is 4.74 Å². The molecule has 1 rings (SSSR count). The third-order valence-corrected chi connectivity index (χ3v) is 4.76. The molecule has 4 nitrogen and oxygen atoms in total. The summed E-state index contributed by atoms with van der Waals surface area (Å²) in [5.41, 5.74) is 2.43. The molecule has 0 aliphatic rings. The lowest BCUT2D eigenvalue weighted by Gasteiger charge is -2.28. The summed E-state index contributed by atoms with van der Waals surface area (Å²) in [5, 5.41) is 4.68. The molecule has 0 N–H and O–H groups in total. The van der Waals surface area contributed by atoms with E-state index in [1.807, 2.05) is 0 Å². The molecule has 0 aliphatic heterocycles. The monoisotopic (exact) mass is 345 g/mol. The Bertz CT molecular complexity index is 406. The average Bonchev–Trinajstić information content (AvgIpc) is 2.78. The van der Waals surface area contributed by atoms with Crippen LogP contribution in [0.4, 0.5) is 0 Å². The van der Waals surface area contributed by atoms with Crippen LogP contribution in [0.5, 0.6) is 0 Å². The molecule has 0 aliphatic carbocycles. The van der Waals surface area contributed by atoms with Crippen molar-refractivity contribution >= 4 is 15.9 Å². The van der Waals surface area contributed by atoms with Gasteiger partial charge in [0.25, 0.3) is 0 Å². The van der Waals surface area contributed by atoms with Gasteiger partial charge in [0.15, 0.2) is 0 Å². The van der Waals surface area contributed by atoms with Crippen LogP contribution in [0.25, 0.3) is 0 Å². The van der Waals surface area contributed by atoms with Crippen molar-refractivity contribution in [1.29, 1.82) is 0 Å². The fraction of sp³-hybridized carbons (Fsp3) is 0.800. The van der Waals surface area contributed by atoms with Crippen LogP contribution in [0.2, 0.25) is 0 Å². The lowest BCUT2D eigenvalue weighted by molar-refractivity contribution is 0.115. The van der Waals surface area contributed by atoms with Crippen LogP contribution >= 0.6 is 15.9 Å². The van der Waals surface area contributed by atoms with Crippen molar-refractivity contribution in [3.05, 3.63) is 15.9 Å². The normalized spacial score (nSPS) is 13.2. The van der Waals surface area contributed by atoms with Gasteiger partial charge in [-0.15, -0.1) is 0 Å². The molecule has 0 bridgehead atoms. The molecule has 1 unspecified atom stereocenters. The van der Waals surface area contributed by atoms with Crippen LogP contribution in [0, 0.1) is 0 Å². The number of hydrogen-bond acceptors (Lipinski definition) is 3. The fourth-order valence-electron chi connectivity index (χ4n) is 2.28. The van der Waals surface area contributed by atoms with E-state index in [9.17, 15) is 0 Å². The highest BCUT2D eigenvalue weighted by atomic mass is 79.9. The molecule has 5 heteroatoms. The summed E-state index contributed by atoms with van der Waals surface area (Å²) in [6.45, 7) is 12.3. The van der Waals surface area contributed by atoms with E-state index in [0.29, 0.717) is 6.04 Å². The zero-order valence-electron chi connectivity index (χ0n) is 13.4. The van der Waals surface area contributed by atoms with Crippen molar-refractivity contribution in [2.45, 2.75) is 59.7 Å². The Labute approximate surface area is 131 Å². The highest BCUT2D eigenvalue weighted by molar-refractivity contribution is 9.10. The predicted octanol–water partition coefficient (Wildman–Crippen LogP) is 3.47. The molecule has 1 aromatic heterocycles. The Balaban J connectivity index is 2.94. The molecule has 0 radical (unpaired) electrons. The number of hydrogen-bond donors (Lipinski definition) is 0. The number of aromatic nitrogens is 2. The van der Waals surface area contributed by atoms with Crippen LogP contribution in [0.1, 0.15) is 45.5 Å². The minimum Gasteiger partial charge on any atom is -0.383 e. The molecule has 1 heterocycles. The summed E-state index contributed by atoms with van der Waals surface area (Å²) in [5.74, 6) is 0. The van der Waals surface area contributed by atoms with Crippen LogP contribution < -0.4 is 0 Å². The molecule has 116 valence electrons. The second kappa shape index (κ2) is 8.80. The van der Waals surface area contributed by atoms with E-state index in [2.05, 4.69) is 58.3 Å². The van der Waals surface area contributed by atoms with Gasteiger partial charge in [0.1, 0.15) is 0 Å². The third kappa shape index (κ3) is 4.30. The molecule has 0 spiro atoms. The Morgan fingerprint density at radius 3 is 2.55 bits per heavy atom. The van der Waals surface area contributed by atoms with Crippen molar-refractivity contribution in [1.82, 2.24) is 14.7 Å². The van der Waals surface area contributed by atoms with Gasteiger partial charge in [-0.05, 0) is 42.6 Å². The van der Waals surface area contributed by atoms with E-state index >= 15 is 0 Å². The predicted molar refractivity (Wildman–Crippen MR) is 87.0 cm³/mol. The zero-order valence-corrected chi connectivity index (χ0v) is 15.0. The van der Waals surface area contributed by atoms with Crippen molar-refractivity contribution in [3.8, 4) is 0 Å². The van der Waals surface area contributed by atoms with Crippen molar-refractivity contribution < 1.29 is 4.74 Å². The van der Waals surface area contributed by atoms with Crippen LogP contribution in [-0.2, 0) is 24.2 Å². The Hall–Kier alpha value is -0.390. The van der Waals surface area contributed by atoms with Crippen LogP contribution in [0.3, 0.4) is 0 Å². The quantitative estimate of drug-likeness (QED) is 0.686. The molecule has 0 amide bonds. The topological polar surface area (TPSA) is 30.3 Å². The minimum absolute atomic E-state index is 0.544. The smallest absolute Gasteiger partial charge is 0.0767 e. The van der Waals surface area contributed by atoms with Gasteiger partial charge >= 0.3 is 0 Å². The first-order valence-electron chi connectivity index (χ1n) is 7.55. The number of ether oxygens (including phenoxy) is 1. The molecule has 1 aromatic rings. The van der Waals surface area contributed by atoms with E-state index < -0.39 is 0 Å². The van der Waals surface area contributed by atoms with Crippen molar-refractivity contribution in [2.24, 2.45) is 0 Å². The molecular weight excluding hydrogens is 318 g/mol. The highest BCUT2D eigenvalue weighted by Gasteiger charge is 2.19. The molecule has 0 saturated heterocycles. The first kappa shape index (κ1) is 17.7. The Kier molecular flexibility index (Phi) is 7.77. The van der Waals surface area contributed by atoms with Gasteiger partial charge in [-0.25, -0.2) is 0 Å². The summed E-state index contributed by atoms with van der Waals surface area (Å²) in [4.78, 5) is 2.47. The van der Waals surface area contributed by atoms with Gasteiger partial charge in [0.05, 0.1) is 22.5 Å². The first-order valence-corrected chi connectivity index (χ1v) is 8.35. The molecule has 20 heavy (non-hydrogen) atoms. The summed E-state index contributed by atoms with van der Waals surface area (Å²) >= 11 is 3.73. The molecule has 0 aromatic carbocycles. The van der Waals surface area contributed by atoms with E-state index in [1.165, 1.54) is 10.2 Å². The number of halogens is 1. The summed E-state index contributed by atoms with van der Waals surface area (Å²) in [7, 11) is 1.76. The van der Waals surface area contributed by atoms with Gasteiger partial charge in [-0.1, -0.05) is 13.8 Å². The summed E-state index contributed by atoms with van der Waals surface area (Å²) in [6.07, 6.45) is 2.10. The highest BCUT2D eigenvalue weighted by Crippen LogP contribution is 2.24. The standard InChI is InChI=1S/C15H28BrN3O/c1-6-12(4)18(9-10-20-5)11-14-15(16)13(7-2)17-19(14)8-3/h12H,6-11H2,1-5H3. The van der Waals surface area contributed by atoms with Gasteiger partial charge in [0, 0.05) is 32.8 Å². The fourth-order valence-corrected chi connectivity index (χ4v) is 2.97. The number of nitrogens with zero attached hydrogens (tertiary/aromatic N) is 3. The number of aryl methyl sites for hydroxylation is 2. The Morgan fingerprint density at radius 1 is 1.35 bits per heavy atom. The molecule has 0 fully saturated rings. The average molecular weight is 346 g/mol. The lowest BCUT2D eigenvalue weighted by Crippen LogP contribution is -2.35. The third-order valence-electron chi connectivity index (χ3n) is 3.84. The SMILES string of the molecule is CCc1nn(CC)c(CN(CCOC)C(C)CC)c1Br. The Morgan fingerprint density at radius 2 is 2.05 bits per heavy atom. The molecule has 0 saturated carbocycles. The van der Waals surface area contributed by atoms with Crippen LogP contribution in [-0.4, -0.2) is 41.0 Å². The van der Waals surface area contributed by atoms with E-state index in [0.717, 1.165) is 44.8 Å².